The Balaban J connectivity index is 1.87. The number of hydrogen-bond acceptors (Lipinski definition) is 6. The zero-order valence-corrected chi connectivity index (χ0v) is 28.0. The lowest BCUT2D eigenvalue weighted by atomic mass is 10.0. The highest BCUT2D eigenvalue weighted by Gasteiger charge is 2.36. The predicted octanol–water partition coefficient (Wildman–Crippen LogP) is 5.59. The first kappa shape index (κ1) is 35.0. The van der Waals surface area contributed by atoms with Crippen LogP contribution < -0.4 is 19.1 Å². The molecule has 0 saturated heterocycles. The van der Waals surface area contributed by atoms with E-state index in [1.807, 2.05) is 51.1 Å². The van der Waals surface area contributed by atoms with E-state index in [4.69, 9.17) is 9.47 Å². The molecule has 4 aromatic carbocycles. The van der Waals surface area contributed by atoms with E-state index in [0.29, 0.717) is 11.3 Å². The van der Waals surface area contributed by atoms with Gasteiger partial charge in [-0.05, 0) is 68.3 Å². The van der Waals surface area contributed by atoms with E-state index in [9.17, 15) is 22.4 Å². The van der Waals surface area contributed by atoms with Gasteiger partial charge in [0.05, 0.1) is 24.8 Å². The molecule has 0 aliphatic rings. The summed E-state index contributed by atoms with van der Waals surface area (Å²) in [6, 6.07) is 26.1. The fraction of sp³-hybridized carbons (Fsp3) is 0.278. The zero-order valence-electron chi connectivity index (χ0n) is 27.1. The molecule has 2 amide bonds. The number of hydrogen-bond donors (Lipinski definition) is 1. The summed E-state index contributed by atoms with van der Waals surface area (Å²) in [4.78, 5) is 29.9. The van der Waals surface area contributed by atoms with Crippen LogP contribution in [0.4, 0.5) is 10.1 Å². The van der Waals surface area contributed by atoms with Gasteiger partial charge in [0.2, 0.25) is 11.8 Å². The number of halogens is 1. The molecule has 0 aromatic heterocycles. The molecule has 0 fully saturated rings. The Labute approximate surface area is 276 Å². The molecule has 0 unspecified atom stereocenters. The average molecular weight is 662 g/mol. The highest BCUT2D eigenvalue weighted by Crippen LogP contribution is 2.36. The first-order valence-electron chi connectivity index (χ1n) is 15.0. The topological polar surface area (TPSA) is 105 Å². The van der Waals surface area contributed by atoms with Gasteiger partial charge in [0.15, 0.2) is 0 Å². The third-order valence-corrected chi connectivity index (χ3v) is 9.07. The normalized spacial score (nSPS) is 12.1. The molecule has 1 atom stereocenters. The van der Waals surface area contributed by atoms with Gasteiger partial charge in [-0.3, -0.25) is 13.9 Å². The van der Waals surface area contributed by atoms with Crippen molar-refractivity contribution in [3.05, 3.63) is 120 Å². The minimum absolute atomic E-state index is 0.0472. The van der Waals surface area contributed by atoms with E-state index in [0.717, 1.165) is 9.87 Å². The van der Waals surface area contributed by atoms with Crippen molar-refractivity contribution in [3.63, 3.8) is 0 Å². The number of ether oxygens (including phenoxy) is 2. The van der Waals surface area contributed by atoms with Gasteiger partial charge in [0.25, 0.3) is 10.0 Å². The molecule has 0 radical (unpaired) electrons. The minimum atomic E-state index is -4.35. The predicted molar refractivity (Wildman–Crippen MR) is 179 cm³/mol. The van der Waals surface area contributed by atoms with Crippen molar-refractivity contribution in [1.29, 1.82) is 0 Å². The third kappa shape index (κ3) is 9.10. The molecule has 0 aliphatic carbocycles. The Kier molecular flexibility index (Phi) is 11.3. The number of sulfonamides is 1. The Morgan fingerprint density at radius 2 is 1.45 bits per heavy atom. The van der Waals surface area contributed by atoms with Gasteiger partial charge in [-0.25, -0.2) is 12.8 Å². The molecule has 0 saturated carbocycles. The van der Waals surface area contributed by atoms with Crippen LogP contribution in [0.2, 0.25) is 0 Å². The average Bonchev–Trinajstić information content (AvgIpc) is 3.05. The number of nitrogens with one attached hydrogen (secondary N) is 1. The number of anilines is 1. The van der Waals surface area contributed by atoms with Crippen LogP contribution in [0.1, 0.15) is 31.9 Å². The highest BCUT2D eigenvalue weighted by molar-refractivity contribution is 7.92. The van der Waals surface area contributed by atoms with Crippen LogP contribution in [0.3, 0.4) is 0 Å². The molecule has 0 aliphatic heterocycles. The second kappa shape index (κ2) is 15.1. The van der Waals surface area contributed by atoms with Crippen molar-refractivity contribution < 1.29 is 31.9 Å². The van der Waals surface area contributed by atoms with Crippen molar-refractivity contribution in [2.75, 3.05) is 25.1 Å². The number of carbonyl (C=O) groups is 2. The molecule has 4 rings (SSSR count). The molecule has 1 N–H and O–H groups in total. The first-order valence-corrected chi connectivity index (χ1v) is 16.5. The maximum atomic E-state index is 14.6. The van der Waals surface area contributed by atoms with E-state index >= 15 is 0 Å². The van der Waals surface area contributed by atoms with Gasteiger partial charge >= 0.3 is 0 Å². The summed E-state index contributed by atoms with van der Waals surface area (Å²) in [5.41, 5.74) is 0.789. The number of nitrogens with zero attached hydrogens (tertiary/aromatic N) is 2. The third-order valence-electron chi connectivity index (χ3n) is 7.30. The van der Waals surface area contributed by atoms with Gasteiger partial charge in [0, 0.05) is 24.6 Å². The van der Waals surface area contributed by atoms with Crippen molar-refractivity contribution >= 4 is 27.5 Å². The quantitative estimate of drug-likeness (QED) is 0.200. The number of benzene rings is 4. The molecule has 4 aromatic rings. The van der Waals surface area contributed by atoms with Crippen LogP contribution in [0.25, 0.3) is 0 Å². The lowest BCUT2D eigenvalue weighted by Crippen LogP contribution is -2.56. The van der Waals surface area contributed by atoms with E-state index in [1.54, 1.807) is 30.3 Å². The smallest absolute Gasteiger partial charge is 0.264 e. The van der Waals surface area contributed by atoms with Gasteiger partial charge in [-0.1, -0.05) is 60.7 Å². The summed E-state index contributed by atoms with van der Waals surface area (Å²) in [5, 5.41) is 2.98. The molecule has 0 bridgehead atoms. The van der Waals surface area contributed by atoms with E-state index < -0.39 is 45.8 Å². The van der Waals surface area contributed by atoms with Crippen LogP contribution >= 0.6 is 0 Å². The lowest BCUT2D eigenvalue weighted by Gasteiger charge is -2.35. The molecule has 47 heavy (non-hydrogen) atoms. The van der Waals surface area contributed by atoms with Crippen LogP contribution in [-0.2, 0) is 32.6 Å². The summed E-state index contributed by atoms with van der Waals surface area (Å²) in [6.07, 6.45) is 0.142. The van der Waals surface area contributed by atoms with Gasteiger partial charge < -0.3 is 19.7 Å². The molecule has 0 spiro atoms. The lowest BCUT2D eigenvalue weighted by molar-refractivity contribution is -0.140. The molecule has 0 heterocycles. The van der Waals surface area contributed by atoms with Crippen LogP contribution in [0.15, 0.2) is 108 Å². The van der Waals surface area contributed by atoms with Crippen molar-refractivity contribution in [3.8, 4) is 11.5 Å². The first-order chi connectivity index (χ1) is 22.3. The van der Waals surface area contributed by atoms with Crippen molar-refractivity contribution in [2.45, 2.75) is 50.2 Å². The van der Waals surface area contributed by atoms with Crippen molar-refractivity contribution in [1.82, 2.24) is 10.2 Å². The van der Waals surface area contributed by atoms with Gasteiger partial charge in [-0.15, -0.1) is 0 Å². The maximum Gasteiger partial charge on any atom is 0.264 e. The molecule has 11 heteroatoms. The van der Waals surface area contributed by atoms with Gasteiger partial charge in [-0.2, -0.15) is 0 Å². The van der Waals surface area contributed by atoms with E-state index in [1.165, 1.54) is 61.6 Å². The maximum absolute atomic E-state index is 14.6. The SMILES string of the molecule is COc1ccc(OC)c(N(CC(=O)N(Cc2ccc(F)cc2)[C@H](Cc2ccccc2)C(=O)NC(C)(C)C)S(=O)(=O)c2ccccc2)c1. The molecule has 9 nitrogen and oxygen atoms in total. The van der Waals surface area contributed by atoms with Crippen LogP contribution in [0, 0.1) is 5.82 Å². The largest absolute Gasteiger partial charge is 0.497 e. The fourth-order valence-corrected chi connectivity index (χ4v) is 6.46. The van der Waals surface area contributed by atoms with Crippen molar-refractivity contribution in [2.24, 2.45) is 0 Å². The van der Waals surface area contributed by atoms with E-state index in [2.05, 4.69) is 5.32 Å². The number of carbonyl (C=O) groups excluding carboxylic acids is 2. The molecular weight excluding hydrogens is 621 g/mol. The van der Waals surface area contributed by atoms with Crippen LogP contribution in [0.5, 0.6) is 11.5 Å². The summed E-state index contributed by atoms with van der Waals surface area (Å²) >= 11 is 0. The molecule has 248 valence electrons. The number of rotatable bonds is 13. The summed E-state index contributed by atoms with van der Waals surface area (Å²) in [6.45, 7) is 4.72. The zero-order chi connectivity index (χ0) is 34.2. The second-order valence-corrected chi connectivity index (χ2v) is 13.8. The number of amides is 2. The standard InChI is InChI=1S/C36H40FN3O6S/c1-36(2,3)38-35(42)32(22-26-12-8-6-9-13-26)39(24-27-16-18-28(37)19-17-27)34(41)25-40(47(43,44)30-14-10-7-11-15-30)31-23-29(45-4)20-21-33(31)46-5/h6-21,23,32H,22,24-25H2,1-5H3,(H,38,42)/t32-/m1/s1. The highest BCUT2D eigenvalue weighted by atomic mass is 32.2. The number of methoxy groups -OCH3 is 2. The Bertz CT molecular complexity index is 1760. The Morgan fingerprint density at radius 1 is 0.830 bits per heavy atom. The fourth-order valence-electron chi connectivity index (χ4n) is 5.02. The Morgan fingerprint density at radius 3 is 2.02 bits per heavy atom. The second-order valence-electron chi connectivity index (χ2n) is 12.0. The summed E-state index contributed by atoms with van der Waals surface area (Å²) in [5.74, 6) is -1.01. The molecular formula is C36H40FN3O6S. The summed E-state index contributed by atoms with van der Waals surface area (Å²) < 4.78 is 54.3. The van der Waals surface area contributed by atoms with Gasteiger partial charge in [0.1, 0.15) is 29.9 Å². The van der Waals surface area contributed by atoms with Crippen LogP contribution in [-0.4, -0.2) is 57.5 Å². The Hall–Kier alpha value is -4.90. The minimum Gasteiger partial charge on any atom is -0.497 e. The summed E-state index contributed by atoms with van der Waals surface area (Å²) in [7, 11) is -1.51. The van der Waals surface area contributed by atoms with E-state index in [-0.39, 0.29) is 29.3 Å². The monoisotopic (exact) mass is 661 g/mol.